The van der Waals surface area contributed by atoms with Gasteiger partial charge < -0.3 is 4.74 Å². The molecular weight excluding hydrogens is 344 g/mol. The summed E-state index contributed by atoms with van der Waals surface area (Å²) in [6, 6.07) is 10.5. The number of rotatable bonds is 3. The molecule has 7 heteroatoms. The van der Waals surface area contributed by atoms with E-state index < -0.39 is 4.92 Å². The topological polar surface area (TPSA) is 65.3 Å². The third-order valence-corrected chi connectivity index (χ3v) is 4.13. The quantitative estimate of drug-likeness (QED) is 0.504. The third kappa shape index (κ3) is 2.25. The average molecular weight is 351 g/mol. The molecule has 2 aromatic carbocycles. The molecule has 0 spiro atoms. The van der Waals surface area contributed by atoms with Crippen LogP contribution >= 0.6 is 27.3 Å². The van der Waals surface area contributed by atoms with Gasteiger partial charge in [0, 0.05) is 0 Å². The highest BCUT2D eigenvalue weighted by molar-refractivity contribution is 9.10. The Bertz CT molecular complexity index is 803. The van der Waals surface area contributed by atoms with Gasteiger partial charge in [0.05, 0.1) is 19.6 Å². The number of halogens is 1. The molecule has 0 unspecified atom stereocenters. The summed E-state index contributed by atoms with van der Waals surface area (Å²) >= 11 is 4.71. The van der Waals surface area contributed by atoms with Gasteiger partial charge in [0.1, 0.15) is 5.75 Å². The summed E-state index contributed by atoms with van der Waals surface area (Å²) in [7, 11) is 0. The monoisotopic (exact) mass is 350 g/mol. The van der Waals surface area contributed by atoms with Crippen molar-refractivity contribution in [1.29, 1.82) is 0 Å². The van der Waals surface area contributed by atoms with Crippen LogP contribution in [0.15, 0.2) is 46.4 Å². The Kier molecular flexibility index (Phi) is 3.37. The number of nitro groups is 1. The first-order valence-electron chi connectivity index (χ1n) is 5.60. The van der Waals surface area contributed by atoms with Crippen molar-refractivity contribution in [1.82, 2.24) is 4.98 Å². The zero-order valence-corrected chi connectivity index (χ0v) is 12.3. The SMILES string of the molecule is O=[N+]([O-])c1c(Oc2ccccc2Br)ccc2scnc12. The first-order chi connectivity index (χ1) is 9.66. The standard InChI is InChI=1S/C13H7BrN2O3S/c14-8-3-1-2-4-9(8)19-10-5-6-11-12(15-7-20-11)13(10)16(17)18/h1-7H. The van der Waals surface area contributed by atoms with Crippen LogP contribution in [0.4, 0.5) is 5.69 Å². The van der Waals surface area contributed by atoms with Gasteiger partial charge in [-0.15, -0.1) is 11.3 Å². The fraction of sp³-hybridized carbons (Fsp3) is 0. The van der Waals surface area contributed by atoms with Crippen LogP contribution < -0.4 is 4.74 Å². The van der Waals surface area contributed by atoms with E-state index in [0.29, 0.717) is 11.3 Å². The van der Waals surface area contributed by atoms with E-state index in [1.165, 1.54) is 11.3 Å². The van der Waals surface area contributed by atoms with E-state index in [-0.39, 0.29) is 11.4 Å². The number of hydrogen-bond donors (Lipinski definition) is 0. The maximum atomic E-state index is 11.3. The molecule has 1 heterocycles. The predicted octanol–water partition coefficient (Wildman–Crippen LogP) is 4.76. The Morgan fingerprint density at radius 1 is 1.20 bits per heavy atom. The molecule has 5 nitrogen and oxygen atoms in total. The fourth-order valence-electron chi connectivity index (χ4n) is 1.80. The number of ether oxygens (including phenoxy) is 1. The summed E-state index contributed by atoms with van der Waals surface area (Å²) in [6.07, 6.45) is 0. The second-order valence-electron chi connectivity index (χ2n) is 3.90. The minimum atomic E-state index is -0.464. The van der Waals surface area contributed by atoms with E-state index in [2.05, 4.69) is 20.9 Å². The number of fused-ring (bicyclic) bond motifs is 1. The number of benzene rings is 2. The number of hydrogen-bond acceptors (Lipinski definition) is 5. The Morgan fingerprint density at radius 2 is 2.00 bits per heavy atom. The lowest BCUT2D eigenvalue weighted by molar-refractivity contribution is -0.384. The van der Waals surface area contributed by atoms with Gasteiger partial charge in [0.2, 0.25) is 5.75 Å². The molecule has 0 aliphatic carbocycles. The summed E-state index contributed by atoms with van der Waals surface area (Å²) < 4.78 is 7.14. The maximum absolute atomic E-state index is 11.3. The number of thiazole rings is 1. The summed E-state index contributed by atoms with van der Waals surface area (Å²) in [5.74, 6) is 0.700. The van der Waals surface area contributed by atoms with Gasteiger partial charge in [0.15, 0.2) is 5.52 Å². The second kappa shape index (κ2) is 5.18. The minimum Gasteiger partial charge on any atom is -0.449 e. The Balaban J connectivity index is 2.14. The Morgan fingerprint density at radius 3 is 2.75 bits per heavy atom. The number of nitrogens with zero attached hydrogens (tertiary/aromatic N) is 2. The maximum Gasteiger partial charge on any atom is 0.338 e. The summed E-state index contributed by atoms with van der Waals surface area (Å²) in [5, 5.41) is 11.3. The van der Waals surface area contributed by atoms with Gasteiger partial charge in [-0.2, -0.15) is 0 Å². The second-order valence-corrected chi connectivity index (χ2v) is 5.64. The van der Waals surface area contributed by atoms with Crippen LogP contribution in [0.5, 0.6) is 11.5 Å². The molecule has 0 bridgehead atoms. The molecule has 0 saturated heterocycles. The summed E-state index contributed by atoms with van der Waals surface area (Å²) in [4.78, 5) is 14.9. The van der Waals surface area contributed by atoms with Crippen molar-refractivity contribution in [2.75, 3.05) is 0 Å². The molecule has 3 rings (SSSR count). The van der Waals surface area contributed by atoms with Crippen LogP contribution in [0.25, 0.3) is 10.2 Å². The Labute approximate surface area is 126 Å². The van der Waals surface area contributed by atoms with Gasteiger partial charge in [-0.3, -0.25) is 10.1 Å². The van der Waals surface area contributed by atoms with Crippen molar-refractivity contribution in [3.63, 3.8) is 0 Å². The lowest BCUT2D eigenvalue weighted by Gasteiger charge is -2.08. The first-order valence-corrected chi connectivity index (χ1v) is 7.27. The molecular formula is C13H7BrN2O3S. The van der Waals surface area contributed by atoms with Crippen LogP contribution in [0.1, 0.15) is 0 Å². The van der Waals surface area contributed by atoms with E-state index in [9.17, 15) is 10.1 Å². The number of nitro benzene ring substituents is 1. The van der Waals surface area contributed by atoms with E-state index in [4.69, 9.17) is 4.74 Å². The van der Waals surface area contributed by atoms with Gasteiger partial charge in [-0.1, -0.05) is 12.1 Å². The largest absolute Gasteiger partial charge is 0.449 e. The molecule has 0 saturated carbocycles. The van der Waals surface area contributed by atoms with Crippen molar-refractivity contribution >= 4 is 43.2 Å². The lowest BCUT2D eigenvalue weighted by atomic mass is 10.2. The highest BCUT2D eigenvalue weighted by atomic mass is 79.9. The fourth-order valence-corrected chi connectivity index (χ4v) is 2.85. The highest BCUT2D eigenvalue weighted by Gasteiger charge is 2.22. The molecule has 0 N–H and O–H groups in total. The van der Waals surface area contributed by atoms with Gasteiger partial charge in [-0.05, 0) is 40.2 Å². The van der Waals surface area contributed by atoms with E-state index in [1.807, 2.05) is 12.1 Å². The smallest absolute Gasteiger partial charge is 0.338 e. The molecule has 0 aliphatic rings. The van der Waals surface area contributed by atoms with Crippen LogP contribution in [-0.4, -0.2) is 9.91 Å². The predicted molar refractivity (Wildman–Crippen MR) is 80.5 cm³/mol. The van der Waals surface area contributed by atoms with Crippen molar-refractivity contribution in [2.45, 2.75) is 0 Å². The summed E-state index contributed by atoms with van der Waals surface area (Å²) in [5.41, 5.74) is 1.82. The molecule has 0 fully saturated rings. The number of aromatic nitrogens is 1. The minimum absolute atomic E-state index is 0.112. The van der Waals surface area contributed by atoms with E-state index in [0.717, 1.165) is 9.17 Å². The third-order valence-electron chi connectivity index (χ3n) is 2.68. The Hall–Kier alpha value is -1.99. The zero-order chi connectivity index (χ0) is 14.1. The van der Waals surface area contributed by atoms with Crippen molar-refractivity contribution < 1.29 is 9.66 Å². The lowest BCUT2D eigenvalue weighted by Crippen LogP contribution is -1.95. The van der Waals surface area contributed by atoms with Gasteiger partial charge in [-0.25, -0.2) is 4.98 Å². The molecule has 0 amide bonds. The molecule has 1 aromatic heterocycles. The van der Waals surface area contributed by atoms with Gasteiger partial charge >= 0.3 is 5.69 Å². The highest BCUT2D eigenvalue weighted by Crippen LogP contribution is 2.39. The van der Waals surface area contributed by atoms with Crippen molar-refractivity contribution in [3.8, 4) is 11.5 Å². The van der Waals surface area contributed by atoms with Crippen LogP contribution in [0.3, 0.4) is 0 Å². The van der Waals surface area contributed by atoms with Crippen LogP contribution in [-0.2, 0) is 0 Å². The van der Waals surface area contributed by atoms with E-state index in [1.54, 1.807) is 29.8 Å². The number of para-hydroxylation sites is 1. The molecule has 0 radical (unpaired) electrons. The molecule has 3 aromatic rings. The van der Waals surface area contributed by atoms with Crippen LogP contribution in [0.2, 0.25) is 0 Å². The van der Waals surface area contributed by atoms with Crippen LogP contribution in [0, 0.1) is 10.1 Å². The molecule has 100 valence electrons. The van der Waals surface area contributed by atoms with Gasteiger partial charge in [0.25, 0.3) is 0 Å². The zero-order valence-electron chi connectivity index (χ0n) is 9.95. The molecule has 0 atom stereocenters. The average Bonchev–Trinajstić information content (AvgIpc) is 2.88. The molecule has 20 heavy (non-hydrogen) atoms. The van der Waals surface area contributed by atoms with Crippen molar-refractivity contribution in [3.05, 3.63) is 56.5 Å². The normalized spacial score (nSPS) is 10.7. The molecule has 0 aliphatic heterocycles. The summed E-state index contributed by atoms with van der Waals surface area (Å²) in [6.45, 7) is 0. The first kappa shape index (κ1) is 13.0. The van der Waals surface area contributed by atoms with E-state index >= 15 is 0 Å². The van der Waals surface area contributed by atoms with Crippen molar-refractivity contribution in [2.24, 2.45) is 0 Å².